The van der Waals surface area contributed by atoms with Gasteiger partial charge in [-0.25, -0.2) is 0 Å². The average Bonchev–Trinajstić information content (AvgIpc) is 2.65. The molecule has 0 saturated heterocycles. The van der Waals surface area contributed by atoms with Crippen molar-refractivity contribution in [2.45, 2.75) is 32.6 Å². The lowest BCUT2D eigenvalue weighted by Gasteiger charge is -2.22. The Morgan fingerprint density at radius 3 is 2.47 bits per heavy atom. The second-order valence-electron chi connectivity index (χ2n) is 3.82. The zero-order valence-corrected chi connectivity index (χ0v) is 8.99. The van der Waals surface area contributed by atoms with Crippen LogP contribution in [0.3, 0.4) is 0 Å². The first kappa shape index (κ1) is 11.8. The summed E-state index contributed by atoms with van der Waals surface area (Å²) in [7, 11) is 0. The van der Waals surface area contributed by atoms with Crippen molar-refractivity contribution in [3.63, 3.8) is 0 Å². The minimum Gasteiger partial charge on any atom is -0.465 e. The summed E-state index contributed by atoms with van der Waals surface area (Å²) in [4.78, 5) is 22.4. The van der Waals surface area contributed by atoms with Crippen LogP contribution in [0, 0.1) is 5.41 Å². The Labute approximate surface area is 89.5 Å². The number of hydrogen-bond donors (Lipinski definition) is 1. The molecule has 1 aliphatic carbocycles. The molecule has 0 aromatic heterocycles. The van der Waals surface area contributed by atoms with Gasteiger partial charge in [-0.15, -0.1) is 0 Å². The SMILES string of the molecule is CCOC(=O)C1(/C=C/C(N)=O)CCCC1. The van der Waals surface area contributed by atoms with Gasteiger partial charge in [-0.3, -0.25) is 9.59 Å². The fourth-order valence-corrected chi connectivity index (χ4v) is 1.96. The van der Waals surface area contributed by atoms with Crippen molar-refractivity contribution in [1.29, 1.82) is 0 Å². The minimum absolute atomic E-state index is 0.236. The topological polar surface area (TPSA) is 69.4 Å². The molecule has 0 aromatic rings. The second kappa shape index (κ2) is 4.96. The lowest BCUT2D eigenvalue weighted by Crippen LogP contribution is -2.28. The molecule has 1 saturated carbocycles. The second-order valence-corrected chi connectivity index (χ2v) is 3.82. The molecule has 0 radical (unpaired) electrons. The van der Waals surface area contributed by atoms with Gasteiger partial charge in [-0.1, -0.05) is 18.9 Å². The third-order valence-corrected chi connectivity index (χ3v) is 2.74. The van der Waals surface area contributed by atoms with Gasteiger partial charge in [-0.05, 0) is 25.8 Å². The Morgan fingerprint density at radius 2 is 2.00 bits per heavy atom. The molecular formula is C11H17NO3. The third kappa shape index (κ3) is 2.81. The molecule has 0 spiro atoms. The van der Waals surface area contributed by atoms with Crippen LogP contribution < -0.4 is 5.73 Å². The summed E-state index contributed by atoms with van der Waals surface area (Å²) < 4.78 is 5.02. The molecule has 1 amide bonds. The molecule has 0 aromatic carbocycles. The number of esters is 1. The first-order valence-corrected chi connectivity index (χ1v) is 5.26. The molecule has 0 heterocycles. The molecule has 1 fully saturated rings. The molecule has 2 N–H and O–H groups in total. The molecular weight excluding hydrogens is 194 g/mol. The average molecular weight is 211 g/mol. The zero-order chi connectivity index (χ0) is 11.3. The van der Waals surface area contributed by atoms with Crippen LogP contribution in [0.1, 0.15) is 32.6 Å². The smallest absolute Gasteiger partial charge is 0.315 e. The van der Waals surface area contributed by atoms with Gasteiger partial charge in [0.05, 0.1) is 12.0 Å². The lowest BCUT2D eigenvalue weighted by atomic mass is 9.86. The summed E-state index contributed by atoms with van der Waals surface area (Å²) in [5.74, 6) is -0.759. The molecule has 4 nitrogen and oxygen atoms in total. The summed E-state index contributed by atoms with van der Waals surface area (Å²) >= 11 is 0. The van der Waals surface area contributed by atoms with E-state index in [-0.39, 0.29) is 5.97 Å². The highest BCUT2D eigenvalue weighted by Crippen LogP contribution is 2.40. The molecule has 0 aliphatic heterocycles. The number of ether oxygens (including phenoxy) is 1. The van der Waals surface area contributed by atoms with Crippen molar-refractivity contribution < 1.29 is 14.3 Å². The van der Waals surface area contributed by atoms with Crippen LogP contribution in [0.4, 0.5) is 0 Å². The highest BCUT2D eigenvalue weighted by Gasteiger charge is 2.40. The maximum Gasteiger partial charge on any atom is 0.315 e. The molecule has 4 heteroatoms. The van der Waals surface area contributed by atoms with E-state index in [1.54, 1.807) is 13.0 Å². The quantitative estimate of drug-likeness (QED) is 0.560. The van der Waals surface area contributed by atoms with Gasteiger partial charge in [0.25, 0.3) is 0 Å². The van der Waals surface area contributed by atoms with Crippen molar-refractivity contribution >= 4 is 11.9 Å². The maximum absolute atomic E-state index is 11.8. The summed E-state index contributed by atoms with van der Waals surface area (Å²) in [6, 6.07) is 0. The predicted molar refractivity (Wildman–Crippen MR) is 55.9 cm³/mol. The molecule has 15 heavy (non-hydrogen) atoms. The van der Waals surface area contributed by atoms with E-state index >= 15 is 0 Å². The van der Waals surface area contributed by atoms with Gasteiger partial charge in [-0.2, -0.15) is 0 Å². The number of carbonyl (C=O) groups is 2. The monoisotopic (exact) mass is 211 g/mol. The van der Waals surface area contributed by atoms with Gasteiger partial charge in [0.2, 0.25) is 5.91 Å². The number of rotatable bonds is 4. The highest BCUT2D eigenvalue weighted by molar-refractivity contribution is 5.88. The minimum atomic E-state index is -0.606. The lowest BCUT2D eigenvalue weighted by molar-refractivity contribution is -0.152. The molecule has 0 unspecified atom stereocenters. The molecule has 1 aliphatic rings. The van der Waals surface area contributed by atoms with E-state index in [1.165, 1.54) is 6.08 Å². The summed E-state index contributed by atoms with van der Waals surface area (Å²) in [6.07, 6.45) is 6.34. The molecule has 0 atom stereocenters. The van der Waals surface area contributed by atoms with Crippen molar-refractivity contribution in [2.24, 2.45) is 11.1 Å². The van der Waals surface area contributed by atoms with Crippen molar-refractivity contribution in [1.82, 2.24) is 0 Å². The van der Waals surface area contributed by atoms with Gasteiger partial charge >= 0.3 is 5.97 Å². The first-order valence-electron chi connectivity index (χ1n) is 5.26. The van der Waals surface area contributed by atoms with Crippen LogP contribution in [0.5, 0.6) is 0 Å². The van der Waals surface area contributed by atoms with Crippen molar-refractivity contribution in [3.8, 4) is 0 Å². The van der Waals surface area contributed by atoms with E-state index < -0.39 is 11.3 Å². The standard InChI is InChI=1S/C11H17NO3/c1-2-15-10(14)11(6-3-4-7-11)8-5-9(12)13/h5,8H,2-4,6-7H2,1H3,(H2,12,13)/b8-5+. The van der Waals surface area contributed by atoms with Crippen LogP contribution in [0.25, 0.3) is 0 Å². The van der Waals surface area contributed by atoms with Gasteiger partial charge < -0.3 is 10.5 Å². The Hall–Kier alpha value is -1.32. The number of primary amides is 1. The molecule has 1 rings (SSSR count). The number of amides is 1. The van der Waals surface area contributed by atoms with E-state index in [0.717, 1.165) is 25.7 Å². The Balaban J connectivity index is 2.78. The fourth-order valence-electron chi connectivity index (χ4n) is 1.96. The summed E-state index contributed by atoms with van der Waals surface area (Å²) in [6.45, 7) is 2.14. The number of carbonyl (C=O) groups excluding carboxylic acids is 2. The Morgan fingerprint density at radius 1 is 1.40 bits per heavy atom. The normalized spacial score (nSPS) is 19.3. The van der Waals surface area contributed by atoms with Crippen molar-refractivity contribution in [2.75, 3.05) is 6.61 Å². The van der Waals surface area contributed by atoms with Gasteiger partial charge in [0.15, 0.2) is 0 Å². The van der Waals surface area contributed by atoms with Crippen LogP contribution >= 0.6 is 0 Å². The number of nitrogens with two attached hydrogens (primary N) is 1. The van der Waals surface area contributed by atoms with Crippen LogP contribution in [-0.2, 0) is 14.3 Å². The van der Waals surface area contributed by atoms with E-state index in [2.05, 4.69) is 0 Å². The Bertz CT molecular complexity index is 278. The van der Waals surface area contributed by atoms with Crippen LogP contribution in [0.15, 0.2) is 12.2 Å². The summed E-state index contributed by atoms with van der Waals surface area (Å²) in [5.41, 5.74) is 4.42. The maximum atomic E-state index is 11.8. The zero-order valence-electron chi connectivity index (χ0n) is 8.99. The van der Waals surface area contributed by atoms with E-state index in [4.69, 9.17) is 10.5 Å². The Kier molecular flexibility index (Phi) is 3.88. The van der Waals surface area contributed by atoms with Gasteiger partial charge in [0.1, 0.15) is 0 Å². The van der Waals surface area contributed by atoms with E-state index in [1.807, 2.05) is 0 Å². The molecule has 84 valence electrons. The molecule has 0 bridgehead atoms. The largest absolute Gasteiger partial charge is 0.465 e. The van der Waals surface area contributed by atoms with Gasteiger partial charge in [0, 0.05) is 0 Å². The predicted octanol–water partition coefficient (Wildman–Crippen LogP) is 1.15. The fraction of sp³-hybridized carbons (Fsp3) is 0.636. The number of hydrogen-bond acceptors (Lipinski definition) is 3. The first-order chi connectivity index (χ1) is 7.10. The highest BCUT2D eigenvalue weighted by atomic mass is 16.5. The van der Waals surface area contributed by atoms with Crippen molar-refractivity contribution in [3.05, 3.63) is 12.2 Å². The van der Waals surface area contributed by atoms with E-state index in [0.29, 0.717) is 6.61 Å². The van der Waals surface area contributed by atoms with E-state index in [9.17, 15) is 9.59 Å². The summed E-state index contributed by atoms with van der Waals surface area (Å²) in [5, 5.41) is 0. The van der Waals surface area contributed by atoms with Crippen LogP contribution in [-0.4, -0.2) is 18.5 Å². The third-order valence-electron chi connectivity index (χ3n) is 2.74. The van der Waals surface area contributed by atoms with Crippen LogP contribution in [0.2, 0.25) is 0 Å².